The fourth-order valence-electron chi connectivity index (χ4n) is 2.28. The van der Waals surface area contributed by atoms with Crippen LogP contribution in [0, 0.1) is 0 Å². The van der Waals surface area contributed by atoms with Crippen LogP contribution in [-0.4, -0.2) is 37.5 Å². The third kappa shape index (κ3) is 9.64. The van der Waals surface area contributed by atoms with E-state index in [1.165, 1.54) is 18.4 Å². The monoisotopic (exact) mass is 300 g/mol. The maximum atomic E-state index is 12.2. The molecule has 0 unspecified atom stereocenters. The lowest BCUT2D eigenvalue weighted by Crippen LogP contribution is -2.15. The Hall–Kier alpha value is -0.870. The number of aliphatic hydroxyl groups is 1. The maximum Gasteiger partial charge on any atom is 0.334 e. The Morgan fingerprint density at radius 2 is 1.67 bits per heavy atom. The predicted octanol–water partition coefficient (Wildman–Crippen LogP) is 3.63. The molecule has 0 rings (SSSR count). The van der Waals surface area contributed by atoms with E-state index in [-0.39, 0.29) is 25.8 Å². The largest absolute Gasteiger partial charge is 0.460 e. The molecule has 21 heavy (non-hydrogen) atoms. The van der Waals surface area contributed by atoms with Crippen molar-refractivity contribution in [2.75, 3.05) is 26.4 Å². The van der Waals surface area contributed by atoms with Crippen molar-refractivity contribution in [3.63, 3.8) is 0 Å². The van der Waals surface area contributed by atoms with Crippen molar-refractivity contribution in [1.82, 2.24) is 0 Å². The summed E-state index contributed by atoms with van der Waals surface area (Å²) in [5.41, 5.74) is 2.06. The second-order valence-electron chi connectivity index (χ2n) is 5.07. The van der Waals surface area contributed by atoms with E-state index in [9.17, 15) is 4.79 Å². The molecule has 0 aliphatic carbocycles. The summed E-state index contributed by atoms with van der Waals surface area (Å²) in [6.45, 7) is 7.21. The van der Waals surface area contributed by atoms with Crippen molar-refractivity contribution in [3.05, 3.63) is 11.1 Å². The van der Waals surface area contributed by atoms with Gasteiger partial charge in [0.1, 0.15) is 6.61 Å². The third-order valence-electron chi connectivity index (χ3n) is 3.50. The SMILES string of the molecule is CCCCCCC(C(=O)OCCOCCO)=C(CC)CC. The Kier molecular flexibility index (Phi) is 13.5. The van der Waals surface area contributed by atoms with Gasteiger partial charge in [-0.3, -0.25) is 0 Å². The minimum absolute atomic E-state index is 0.00759. The smallest absolute Gasteiger partial charge is 0.334 e. The van der Waals surface area contributed by atoms with Gasteiger partial charge in [0, 0.05) is 5.57 Å². The van der Waals surface area contributed by atoms with Gasteiger partial charge in [-0.1, -0.05) is 45.6 Å². The summed E-state index contributed by atoms with van der Waals surface area (Å²) in [5, 5.41) is 8.60. The predicted molar refractivity (Wildman–Crippen MR) is 85.2 cm³/mol. The lowest BCUT2D eigenvalue weighted by atomic mass is 9.98. The van der Waals surface area contributed by atoms with Crippen LogP contribution in [0.1, 0.15) is 65.7 Å². The van der Waals surface area contributed by atoms with Crippen LogP contribution in [0.15, 0.2) is 11.1 Å². The van der Waals surface area contributed by atoms with E-state index in [4.69, 9.17) is 14.6 Å². The molecular formula is C17H32O4. The van der Waals surface area contributed by atoms with Crippen LogP contribution in [-0.2, 0) is 14.3 Å². The van der Waals surface area contributed by atoms with Gasteiger partial charge in [0.05, 0.1) is 19.8 Å². The molecule has 0 spiro atoms. The van der Waals surface area contributed by atoms with Crippen molar-refractivity contribution in [1.29, 1.82) is 0 Å². The first kappa shape index (κ1) is 20.1. The lowest BCUT2D eigenvalue weighted by molar-refractivity contribution is -0.140. The average Bonchev–Trinajstić information content (AvgIpc) is 2.50. The molecule has 124 valence electrons. The Morgan fingerprint density at radius 3 is 2.24 bits per heavy atom. The zero-order valence-electron chi connectivity index (χ0n) is 14.0. The summed E-state index contributed by atoms with van der Waals surface area (Å²) in [5.74, 6) is -0.196. The molecule has 1 N–H and O–H groups in total. The maximum absolute atomic E-state index is 12.2. The summed E-state index contributed by atoms with van der Waals surface area (Å²) in [6.07, 6.45) is 7.22. The Balaban J connectivity index is 4.36. The molecule has 0 aromatic rings. The van der Waals surface area contributed by atoms with Gasteiger partial charge in [-0.05, 0) is 25.7 Å². The van der Waals surface area contributed by atoms with Crippen molar-refractivity contribution in [2.45, 2.75) is 65.7 Å². The van der Waals surface area contributed by atoms with Crippen molar-refractivity contribution in [3.8, 4) is 0 Å². The van der Waals surface area contributed by atoms with Crippen LogP contribution in [0.4, 0.5) is 0 Å². The molecule has 0 atom stereocenters. The number of aliphatic hydroxyl groups excluding tert-OH is 1. The normalized spacial score (nSPS) is 10.5. The van der Waals surface area contributed by atoms with Crippen LogP contribution in [0.3, 0.4) is 0 Å². The zero-order chi connectivity index (χ0) is 15.9. The van der Waals surface area contributed by atoms with Crippen LogP contribution in [0.25, 0.3) is 0 Å². The van der Waals surface area contributed by atoms with Crippen molar-refractivity contribution >= 4 is 5.97 Å². The second-order valence-corrected chi connectivity index (χ2v) is 5.07. The molecule has 0 heterocycles. The highest BCUT2D eigenvalue weighted by atomic mass is 16.6. The number of carbonyl (C=O) groups is 1. The number of allylic oxidation sites excluding steroid dienone is 1. The summed E-state index contributed by atoms with van der Waals surface area (Å²) < 4.78 is 10.4. The first-order valence-electron chi connectivity index (χ1n) is 8.27. The number of hydrogen-bond donors (Lipinski definition) is 1. The molecule has 0 fully saturated rings. The molecule has 0 bridgehead atoms. The fourth-order valence-corrected chi connectivity index (χ4v) is 2.28. The molecule has 0 saturated heterocycles. The van der Waals surface area contributed by atoms with E-state index in [2.05, 4.69) is 20.8 Å². The van der Waals surface area contributed by atoms with Crippen LogP contribution in [0.2, 0.25) is 0 Å². The fraction of sp³-hybridized carbons (Fsp3) is 0.824. The lowest BCUT2D eigenvalue weighted by Gasteiger charge is -2.13. The van der Waals surface area contributed by atoms with E-state index in [1.54, 1.807) is 0 Å². The summed E-state index contributed by atoms with van der Waals surface area (Å²) >= 11 is 0. The molecule has 4 nitrogen and oxygen atoms in total. The van der Waals surface area contributed by atoms with Gasteiger partial charge in [-0.2, -0.15) is 0 Å². The van der Waals surface area contributed by atoms with E-state index >= 15 is 0 Å². The third-order valence-corrected chi connectivity index (χ3v) is 3.50. The topological polar surface area (TPSA) is 55.8 Å². The number of rotatable bonds is 13. The van der Waals surface area contributed by atoms with Gasteiger partial charge in [-0.15, -0.1) is 0 Å². The molecule has 0 radical (unpaired) electrons. The summed E-state index contributed by atoms with van der Waals surface area (Å²) in [6, 6.07) is 0. The Bertz CT molecular complexity index is 291. The second kappa shape index (κ2) is 14.1. The minimum atomic E-state index is -0.196. The molecule has 0 aliphatic heterocycles. The highest BCUT2D eigenvalue weighted by molar-refractivity contribution is 5.89. The van der Waals surface area contributed by atoms with Gasteiger partial charge in [0.15, 0.2) is 0 Å². The quantitative estimate of drug-likeness (QED) is 0.320. The summed E-state index contributed by atoms with van der Waals surface area (Å²) in [4.78, 5) is 12.2. The van der Waals surface area contributed by atoms with Gasteiger partial charge in [0.25, 0.3) is 0 Å². The first-order chi connectivity index (χ1) is 10.2. The average molecular weight is 300 g/mol. The van der Waals surface area contributed by atoms with Crippen LogP contribution < -0.4 is 0 Å². The standard InChI is InChI=1S/C17H32O4/c1-4-7-8-9-10-16(15(5-2)6-3)17(19)21-14-13-20-12-11-18/h18H,4-14H2,1-3H3. The van der Waals surface area contributed by atoms with E-state index < -0.39 is 0 Å². The Labute approximate surface area is 129 Å². The number of unbranched alkanes of at least 4 members (excludes halogenated alkanes) is 3. The summed E-state index contributed by atoms with van der Waals surface area (Å²) in [7, 11) is 0. The number of esters is 1. The van der Waals surface area contributed by atoms with Gasteiger partial charge < -0.3 is 14.6 Å². The van der Waals surface area contributed by atoms with E-state index in [0.717, 1.165) is 37.7 Å². The minimum Gasteiger partial charge on any atom is -0.460 e. The molecule has 4 heteroatoms. The Morgan fingerprint density at radius 1 is 0.952 bits per heavy atom. The highest BCUT2D eigenvalue weighted by Gasteiger charge is 2.14. The van der Waals surface area contributed by atoms with Gasteiger partial charge >= 0.3 is 5.97 Å². The molecule has 0 aromatic heterocycles. The van der Waals surface area contributed by atoms with Crippen LogP contribution >= 0.6 is 0 Å². The van der Waals surface area contributed by atoms with Gasteiger partial charge in [-0.25, -0.2) is 4.79 Å². The van der Waals surface area contributed by atoms with Gasteiger partial charge in [0.2, 0.25) is 0 Å². The van der Waals surface area contributed by atoms with Crippen molar-refractivity contribution in [2.24, 2.45) is 0 Å². The number of ether oxygens (including phenoxy) is 2. The van der Waals surface area contributed by atoms with Crippen LogP contribution in [0.5, 0.6) is 0 Å². The number of carbonyl (C=O) groups excluding carboxylic acids is 1. The zero-order valence-corrected chi connectivity index (χ0v) is 14.0. The first-order valence-corrected chi connectivity index (χ1v) is 8.27. The molecular weight excluding hydrogens is 268 g/mol. The number of hydrogen-bond acceptors (Lipinski definition) is 4. The highest BCUT2D eigenvalue weighted by Crippen LogP contribution is 2.20. The van der Waals surface area contributed by atoms with E-state index in [1.807, 2.05) is 0 Å². The molecule has 0 amide bonds. The molecule has 0 saturated carbocycles. The molecule has 0 aliphatic rings. The van der Waals surface area contributed by atoms with Crippen molar-refractivity contribution < 1.29 is 19.4 Å². The molecule has 0 aromatic carbocycles. The van der Waals surface area contributed by atoms with E-state index in [0.29, 0.717) is 6.61 Å².